The van der Waals surface area contributed by atoms with Crippen molar-refractivity contribution in [3.8, 4) is 0 Å². The average Bonchev–Trinajstić information content (AvgIpc) is 2.61. The number of aryl methyl sites for hydroxylation is 1. The normalized spacial score (nSPS) is 12.4. The first kappa shape index (κ1) is 14.2. The SMILES string of the molecule is CC(C)CNCc1ncn(CCC(C)(C)C)n1. The average molecular weight is 238 g/mol. The molecule has 0 atom stereocenters. The monoisotopic (exact) mass is 238 g/mol. The highest BCUT2D eigenvalue weighted by atomic mass is 15.3. The van der Waals surface area contributed by atoms with E-state index in [1.165, 1.54) is 0 Å². The Bertz CT molecular complexity index is 322. The summed E-state index contributed by atoms with van der Waals surface area (Å²) < 4.78 is 1.94. The third kappa shape index (κ3) is 6.41. The van der Waals surface area contributed by atoms with Crippen LogP contribution in [0.1, 0.15) is 46.9 Å². The van der Waals surface area contributed by atoms with E-state index < -0.39 is 0 Å². The first-order chi connectivity index (χ1) is 7.87. The number of rotatable bonds is 6. The van der Waals surface area contributed by atoms with Crippen LogP contribution in [0, 0.1) is 11.3 Å². The van der Waals surface area contributed by atoms with Crippen LogP contribution in [0.2, 0.25) is 0 Å². The number of nitrogens with zero attached hydrogens (tertiary/aromatic N) is 3. The molecule has 0 saturated carbocycles. The van der Waals surface area contributed by atoms with Gasteiger partial charge in [0.15, 0.2) is 5.82 Å². The second-order valence-corrected chi connectivity index (χ2v) is 6.26. The van der Waals surface area contributed by atoms with Gasteiger partial charge in [-0.05, 0) is 24.3 Å². The quantitative estimate of drug-likeness (QED) is 0.828. The molecule has 1 aromatic heterocycles. The molecule has 0 aromatic carbocycles. The Morgan fingerprint density at radius 2 is 2.06 bits per heavy atom. The van der Waals surface area contributed by atoms with E-state index in [0.29, 0.717) is 11.3 Å². The fourth-order valence-corrected chi connectivity index (χ4v) is 1.44. The largest absolute Gasteiger partial charge is 0.310 e. The number of aromatic nitrogens is 3. The minimum absolute atomic E-state index is 0.349. The lowest BCUT2D eigenvalue weighted by Gasteiger charge is -2.17. The zero-order chi connectivity index (χ0) is 12.9. The van der Waals surface area contributed by atoms with Gasteiger partial charge in [-0.2, -0.15) is 5.10 Å². The number of hydrogen-bond donors (Lipinski definition) is 1. The third-order valence-electron chi connectivity index (χ3n) is 2.51. The van der Waals surface area contributed by atoms with Crippen molar-refractivity contribution in [1.29, 1.82) is 0 Å². The predicted octanol–water partition coefficient (Wildman–Crippen LogP) is 2.46. The maximum absolute atomic E-state index is 4.45. The molecule has 1 aromatic rings. The van der Waals surface area contributed by atoms with Crippen LogP contribution in [0.4, 0.5) is 0 Å². The van der Waals surface area contributed by atoms with Crippen molar-refractivity contribution < 1.29 is 0 Å². The summed E-state index contributed by atoms with van der Waals surface area (Å²) in [6.07, 6.45) is 2.95. The van der Waals surface area contributed by atoms with Gasteiger partial charge in [-0.1, -0.05) is 34.6 Å². The van der Waals surface area contributed by atoms with Crippen molar-refractivity contribution in [2.24, 2.45) is 11.3 Å². The van der Waals surface area contributed by atoms with Crippen molar-refractivity contribution >= 4 is 0 Å². The van der Waals surface area contributed by atoms with Crippen LogP contribution in [-0.2, 0) is 13.1 Å². The Labute approximate surface area is 105 Å². The topological polar surface area (TPSA) is 42.7 Å². The van der Waals surface area contributed by atoms with Crippen molar-refractivity contribution in [2.75, 3.05) is 6.54 Å². The summed E-state index contributed by atoms with van der Waals surface area (Å²) in [5.41, 5.74) is 0.349. The van der Waals surface area contributed by atoms with E-state index in [1.54, 1.807) is 0 Å². The van der Waals surface area contributed by atoms with Gasteiger partial charge in [0.05, 0.1) is 6.54 Å². The molecule has 0 saturated heterocycles. The molecule has 0 amide bonds. The third-order valence-corrected chi connectivity index (χ3v) is 2.51. The van der Waals surface area contributed by atoms with Crippen LogP contribution >= 0.6 is 0 Å². The molecule has 98 valence electrons. The Kier molecular flexibility index (Phi) is 5.12. The highest BCUT2D eigenvalue weighted by molar-refractivity contribution is 4.81. The van der Waals surface area contributed by atoms with E-state index in [9.17, 15) is 0 Å². The maximum atomic E-state index is 4.45. The Morgan fingerprint density at radius 3 is 2.65 bits per heavy atom. The molecule has 0 unspecified atom stereocenters. The molecular formula is C13H26N4. The van der Waals surface area contributed by atoms with Crippen LogP contribution in [0.3, 0.4) is 0 Å². The molecule has 0 aliphatic rings. The Hall–Kier alpha value is -0.900. The summed E-state index contributed by atoms with van der Waals surface area (Å²) in [4.78, 5) is 4.30. The van der Waals surface area contributed by atoms with Gasteiger partial charge in [-0.3, -0.25) is 4.68 Å². The van der Waals surface area contributed by atoms with E-state index in [1.807, 2.05) is 11.0 Å². The molecule has 0 fully saturated rings. The summed E-state index contributed by atoms with van der Waals surface area (Å²) >= 11 is 0. The summed E-state index contributed by atoms with van der Waals surface area (Å²) in [6.45, 7) is 13.8. The summed E-state index contributed by atoms with van der Waals surface area (Å²) in [5, 5.41) is 7.80. The lowest BCUT2D eigenvalue weighted by Crippen LogP contribution is -2.20. The van der Waals surface area contributed by atoms with E-state index in [4.69, 9.17) is 0 Å². The van der Waals surface area contributed by atoms with Gasteiger partial charge in [0.1, 0.15) is 6.33 Å². The Balaban J connectivity index is 2.32. The smallest absolute Gasteiger partial charge is 0.164 e. The predicted molar refractivity (Wildman–Crippen MR) is 70.6 cm³/mol. The zero-order valence-corrected chi connectivity index (χ0v) is 11.8. The minimum Gasteiger partial charge on any atom is -0.310 e. The molecule has 4 nitrogen and oxygen atoms in total. The van der Waals surface area contributed by atoms with E-state index >= 15 is 0 Å². The van der Waals surface area contributed by atoms with Crippen LogP contribution < -0.4 is 5.32 Å². The molecule has 0 spiro atoms. The standard InChI is InChI=1S/C13H26N4/c1-11(2)8-14-9-12-15-10-17(16-12)7-6-13(3,4)5/h10-11,14H,6-9H2,1-5H3. The fraction of sp³-hybridized carbons (Fsp3) is 0.846. The summed E-state index contributed by atoms with van der Waals surface area (Å²) in [6, 6.07) is 0. The van der Waals surface area contributed by atoms with Gasteiger partial charge in [0, 0.05) is 6.54 Å². The molecule has 4 heteroatoms. The first-order valence-electron chi connectivity index (χ1n) is 6.46. The molecule has 0 bridgehead atoms. The fourth-order valence-electron chi connectivity index (χ4n) is 1.44. The van der Waals surface area contributed by atoms with E-state index in [0.717, 1.165) is 31.9 Å². The van der Waals surface area contributed by atoms with Crippen molar-refractivity contribution in [3.05, 3.63) is 12.2 Å². The van der Waals surface area contributed by atoms with Crippen molar-refractivity contribution in [2.45, 2.75) is 54.1 Å². The second kappa shape index (κ2) is 6.15. The minimum atomic E-state index is 0.349. The van der Waals surface area contributed by atoms with Gasteiger partial charge in [0.2, 0.25) is 0 Å². The van der Waals surface area contributed by atoms with Gasteiger partial charge < -0.3 is 5.32 Å². The van der Waals surface area contributed by atoms with Crippen LogP contribution in [0.25, 0.3) is 0 Å². The molecule has 1 N–H and O–H groups in total. The lowest BCUT2D eigenvalue weighted by molar-refractivity contribution is 0.340. The summed E-state index contributed by atoms with van der Waals surface area (Å²) in [5.74, 6) is 1.55. The molecule has 1 rings (SSSR count). The van der Waals surface area contributed by atoms with E-state index in [-0.39, 0.29) is 0 Å². The zero-order valence-electron chi connectivity index (χ0n) is 11.8. The molecule has 0 aliphatic carbocycles. The molecule has 0 aliphatic heterocycles. The lowest BCUT2D eigenvalue weighted by atomic mass is 9.92. The molecule has 0 radical (unpaired) electrons. The van der Waals surface area contributed by atoms with Gasteiger partial charge in [0.25, 0.3) is 0 Å². The van der Waals surface area contributed by atoms with Crippen molar-refractivity contribution in [1.82, 2.24) is 20.1 Å². The maximum Gasteiger partial charge on any atom is 0.164 e. The van der Waals surface area contributed by atoms with Crippen LogP contribution in [-0.4, -0.2) is 21.3 Å². The molecular weight excluding hydrogens is 212 g/mol. The highest BCUT2D eigenvalue weighted by Crippen LogP contribution is 2.18. The summed E-state index contributed by atoms with van der Waals surface area (Å²) in [7, 11) is 0. The molecule has 1 heterocycles. The van der Waals surface area contributed by atoms with Gasteiger partial charge in [-0.25, -0.2) is 4.98 Å². The van der Waals surface area contributed by atoms with Crippen molar-refractivity contribution in [3.63, 3.8) is 0 Å². The van der Waals surface area contributed by atoms with Crippen LogP contribution in [0.15, 0.2) is 6.33 Å². The van der Waals surface area contributed by atoms with Gasteiger partial charge >= 0.3 is 0 Å². The highest BCUT2D eigenvalue weighted by Gasteiger charge is 2.10. The number of nitrogens with one attached hydrogen (secondary N) is 1. The number of hydrogen-bond acceptors (Lipinski definition) is 3. The first-order valence-corrected chi connectivity index (χ1v) is 6.46. The van der Waals surface area contributed by atoms with Gasteiger partial charge in [-0.15, -0.1) is 0 Å². The Morgan fingerprint density at radius 1 is 1.35 bits per heavy atom. The second-order valence-electron chi connectivity index (χ2n) is 6.26. The van der Waals surface area contributed by atoms with Crippen LogP contribution in [0.5, 0.6) is 0 Å². The van der Waals surface area contributed by atoms with E-state index in [2.05, 4.69) is 50.0 Å². The molecule has 17 heavy (non-hydrogen) atoms.